The van der Waals surface area contributed by atoms with Crippen LogP contribution in [0.15, 0.2) is 42.5 Å². The number of hydrogen-bond donors (Lipinski definition) is 1. The van der Waals surface area contributed by atoms with Crippen LogP contribution in [0.1, 0.15) is 24.2 Å². The third-order valence-electron chi connectivity index (χ3n) is 2.38. The number of carbonyl (C=O) groups excluding carboxylic acids is 3. The van der Waals surface area contributed by atoms with E-state index in [0.29, 0.717) is 5.56 Å². The summed E-state index contributed by atoms with van der Waals surface area (Å²) < 4.78 is 9.65. The maximum atomic E-state index is 11.7. The number of rotatable bonds is 7. The first kappa shape index (κ1) is 17.4. The maximum absolute atomic E-state index is 11.7. The van der Waals surface area contributed by atoms with E-state index in [9.17, 15) is 14.4 Å². The summed E-state index contributed by atoms with van der Waals surface area (Å²) in [6, 6.07) is 8.70. The van der Waals surface area contributed by atoms with E-state index in [0.717, 1.165) is 12.2 Å². The zero-order valence-corrected chi connectivity index (χ0v) is 12.6. The number of amides is 1. The summed E-state index contributed by atoms with van der Waals surface area (Å²) in [5.74, 6) is -1.52. The van der Waals surface area contributed by atoms with E-state index in [4.69, 9.17) is 9.47 Å². The van der Waals surface area contributed by atoms with Gasteiger partial charge in [-0.05, 0) is 26.0 Å². The molecule has 0 aromatic heterocycles. The van der Waals surface area contributed by atoms with Crippen LogP contribution in [0.5, 0.6) is 0 Å². The number of esters is 2. The fourth-order valence-electron chi connectivity index (χ4n) is 1.46. The molecule has 6 heteroatoms. The Labute approximate surface area is 129 Å². The second-order valence-electron chi connectivity index (χ2n) is 4.61. The van der Waals surface area contributed by atoms with Crippen molar-refractivity contribution in [3.63, 3.8) is 0 Å². The monoisotopic (exact) mass is 305 g/mol. The first-order chi connectivity index (χ1) is 10.5. The molecule has 1 rings (SSSR count). The average Bonchev–Trinajstić information content (AvgIpc) is 2.49. The molecule has 0 saturated carbocycles. The van der Waals surface area contributed by atoms with Crippen LogP contribution in [0.25, 0.3) is 0 Å². The second-order valence-corrected chi connectivity index (χ2v) is 4.61. The SMILES string of the molecule is CC(C)OC(=O)/C=C/C(=O)OCCNC(=O)c1ccccc1. The van der Waals surface area contributed by atoms with Crippen molar-refractivity contribution in [1.29, 1.82) is 0 Å². The number of hydrogen-bond acceptors (Lipinski definition) is 5. The molecule has 0 unspecified atom stereocenters. The molecule has 0 bridgehead atoms. The van der Waals surface area contributed by atoms with E-state index in [-0.39, 0.29) is 25.2 Å². The van der Waals surface area contributed by atoms with Gasteiger partial charge in [0.05, 0.1) is 12.6 Å². The van der Waals surface area contributed by atoms with E-state index in [1.807, 2.05) is 6.07 Å². The lowest BCUT2D eigenvalue weighted by Gasteiger charge is -2.05. The molecule has 0 fully saturated rings. The predicted octanol–water partition coefficient (Wildman–Crippen LogP) is 1.47. The van der Waals surface area contributed by atoms with Gasteiger partial charge in [0.2, 0.25) is 0 Å². The van der Waals surface area contributed by atoms with Crippen LogP contribution in [0.3, 0.4) is 0 Å². The first-order valence-electron chi connectivity index (χ1n) is 6.87. The third-order valence-corrected chi connectivity index (χ3v) is 2.38. The molecule has 118 valence electrons. The lowest BCUT2D eigenvalue weighted by Crippen LogP contribution is -2.27. The maximum Gasteiger partial charge on any atom is 0.331 e. The molecule has 0 saturated heterocycles. The highest BCUT2D eigenvalue weighted by atomic mass is 16.5. The minimum Gasteiger partial charge on any atom is -0.461 e. The lowest BCUT2D eigenvalue weighted by atomic mass is 10.2. The molecule has 1 aromatic rings. The van der Waals surface area contributed by atoms with Crippen molar-refractivity contribution < 1.29 is 23.9 Å². The van der Waals surface area contributed by atoms with Gasteiger partial charge in [0.25, 0.3) is 5.91 Å². The van der Waals surface area contributed by atoms with Crippen molar-refractivity contribution in [1.82, 2.24) is 5.32 Å². The Bertz CT molecular complexity index is 537. The smallest absolute Gasteiger partial charge is 0.331 e. The van der Waals surface area contributed by atoms with Crippen molar-refractivity contribution >= 4 is 17.8 Å². The minimum atomic E-state index is -0.672. The van der Waals surface area contributed by atoms with Crippen LogP contribution in [-0.4, -0.2) is 37.1 Å². The highest BCUT2D eigenvalue weighted by Gasteiger charge is 2.05. The van der Waals surface area contributed by atoms with Gasteiger partial charge in [-0.25, -0.2) is 9.59 Å². The lowest BCUT2D eigenvalue weighted by molar-refractivity contribution is -0.142. The van der Waals surface area contributed by atoms with Crippen LogP contribution < -0.4 is 5.32 Å². The first-order valence-corrected chi connectivity index (χ1v) is 6.87. The van der Waals surface area contributed by atoms with Crippen molar-refractivity contribution in [3.8, 4) is 0 Å². The van der Waals surface area contributed by atoms with Crippen LogP contribution in [0.4, 0.5) is 0 Å². The van der Waals surface area contributed by atoms with E-state index in [2.05, 4.69) is 5.32 Å². The van der Waals surface area contributed by atoms with E-state index < -0.39 is 11.9 Å². The summed E-state index contributed by atoms with van der Waals surface area (Å²) in [6.45, 7) is 3.61. The standard InChI is InChI=1S/C16H19NO5/c1-12(2)22-15(19)9-8-14(18)21-11-10-17-16(20)13-6-4-3-5-7-13/h3-9,12H,10-11H2,1-2H3,(H,17,20)/b9-8+. The molecule has 1 amide bonds. The molecule has 0 aliphatic rings. The Balaban J connectivity index is 2.21. The van der Waals surface area contributed by atoms with Crippen LogP contribution >= 0.6 is 0 Å². The Morgan fingerprint density at radius 1 is 1.09 bits per heavy atom. The van der Waals surface area contributed by atoms with Crippen LogP contribution in [-0.2, 0) is 19.1 Å². The van der Waals surface area contributed by atoms with Gasteiger partial charge in [-0.15, -0.1) is 0 Å². The van der Waals surface area contributed by atoms with Crippen molar-refractivity contribution in [2.75, 3.05) is 13.2 Å². The predicted molar refractivity (Wildman–Crippen MR) is 80.1 cm³/mol. The summed E-state index contributed by atoms with van der Waals surface area (Å²) in [4.78, 5) is 34.2. The van der Waals surface area contributed by atoms with E-state index in [1.165, 1.54) is 0 Å². The molecule has 0 spiro atoms. The Hall–Kier alpha value is -2.63. The van der Waals surface area contributed by atoms with Crippen molar-refractivity contribution in [3.05, 3.63) is 48.0 Å². The Kier molecular flexibility index (Phi) is 7.39. The van der Waals surface area contributed by atoms with Gasteiger partial charge in [-0.2, -0.15) is 0 Å². The molecule has 0 aliphatic heterocycles. The minimum absolute atomic E-state index is 0.0149. The molecule has 0 aliphatic carbocycles. The van der Waals surface area contributed by atoms with Gasteiger partial charge in [-0.3, -0.25) is 4.79 Å². The molecule has 0 heterocycles. The Morgan fingerprint density at radius 2 is 1.73 bits per heavy atom. The molecular formula is C16H19NO5. The molecule has 6 nitrogen and oxygen atoms in total. The normalized spacial score (nSPS) is 10.5. The average molecular weight is 305 g/mol. The zero-order chi connectivity index (χ0) is 16.4. The van der Waals surface area contributed by atoms with Crippen molar-refractivity contribution in [2.45, 2.75) is 20.0 Å². The molecular weight excluding hydrogens is 286 g/mol. The fraction of sp³-hybridized carbons (Fsp3) is 0.312. The summed E-state index contributed by atoms with van der Waals surface area (Å²) in [5, 5.41) is 2.61. The van der Waals surface area contributed by atoms with Gasteiger partial charge in [-0.1, -0.05) is 18.2 Å². The van der Waals surface area contributed by atoms with Gasteiger partial charge in [0, 0.05) is 17.7 Å². The topological polar surface area (TPSA) is 81.7 Å². The largest absolute Gasteiger partial charge is 0.461 e. The van der Waals surface area contributed by atoms with Crippen LogP contribution in [0.2, 0.25) is 0 Å². The highest BCUT2D eigenvalue weighted by molar-refractivity contribution is 5.94. The van der Waals surface area contributed by atoms with Gasteiger partial charge < -0.3 is 14.8 Å². The highest BCUT2D eigenvalue weighted by Crippen LogP contribution is 1.97. The molecule has 1 aromatic carbocycles. The van der Waals surface area contributed by atoms with Crippen LogP contribution in [0, 0.1) is 0 Å². The number of nitrogens with one attached hydrogen (secondary N) is 1. The summed E-state index contributed by atoms with van der Waals surface area (Å²) in [5.41, 5.74) is 0.533. The van der Waals surface area contributed by atoms with Gasteiger partial charge in [0.1, 0.15) is 6.61 Å². The third kappa shape index (κ3) is 7.23. The quantitative estimate of drug-likeness (QED) is 0.468. The second kappa shape index (κ2) is 9.33. The number of ether oxygens (including phenoxy) is 2. The number of benzene rings is 1. The fourth-order valence-corrected chi connectivity index (χ4v) is 1.46. The molecule has 0 atom stereocenters. The van der Waals surface area contributed by atoms with E-state index in [1.54, 1.807) is 38.1 Å². The zero-order valence-electron chi connectivity index (χ0n) is 12.6. The van der Waals surface area contributed by atoms with E-state index >= 15 is 0 Å². The van der Waals surface area contributed by atoms with Gasteiger partial charge >= 0.3 is 11.9 Å². The number of carbonyl (C=O) groups is 3. The summed E-state index contributed by atoms with van der Waals surface area (Å²) >= 11 is 0. The summed E-state index contributed by atoms with van der Waals surface area (Å²) in [7, 11) is 0. The Morgan fingerprint density at radius 3 is 2.36 bits per heavy atom. The molecule has 1 N–H and O–H groups in total. The summed E-state index contributed by atoms with van der Waals surface area (Å²) in [6.07, 6.45) is 1.75. The van der Waals surface area contributed by atoms with Crippen molar-refractivity contribution in [2.24, 2.45) is 0 Å². The molecule has 0 radical (unpaired) electrons. The van der Waals surface area contributed by atoms with Gasteiger partial charge in [0.15, 0.2) is 0 Å². The molecule has 22 heavy (non-hydrogen) atoms.